The Hall–Kier alpha value is -4.20. The Morgan fingerprint density at radius 3 is 2.97 bits per heavy atom. The number of fused-ring (bicyclic) bond motifs is 1. The molecule has 0 unspecified atom stereocenters. The van der Waals surface area contributed by atoms with Crippen LogP contribution < -0.4 is 20.3 Å². The van der Waals surface area contributed by atoms with Gasteiger partial charge < -0.3 is 20.3 Å². The largest absolute Gasteiger partial charge is 0.494 e. The first-order valence-corrected chi connectivity index (χ1v) is 10.9. The van der Waals surface area contributed by atoms with E-state index in [4.69, 9.17) is 9.72 Å². The van der Waals surface area contributed by atoms with Crippen LogP contribution in [-0.4, -0.2) is 47.1 Å². The minimum absolute atomic E-state index is 0.000314. The van der Waals surface area contributed by atoms with Crippen molar-refractivity contribution in [1.29, 1.82) is 0 Å². The second-order valence-corrected chi connectivity index (χ2v) is 7.72. The summed E-state index contributed by atoms with van der Waals surface area (Å²) >= 11 is 0. The molecular formula is C25H24N6O2. The lowest BCUT2D eigenvalue weighted by Crippen LogP contribution is -2.48. The normalized spacial score (nSPS) is 13.6. The number of benzene rings is 1. The number of nitrogens with one attached hydrogen (secondary N) is 2. The number of hydrogen-bond donors (Lipinski definition) is 2. The molecule has 1 saturated heterocycles. The highest BCUT2D eigenvalue weighted by Crippen LogP contribution is 2.31. The molecule has 1 aromatic carbocycles. The van der Waals surface area contributed by atoms with Crippen LogP contribution in [0.25, 0.3) is 22.0 Å². The van der Waals surface area contributed by atoms with Crippen LogP contribution in [0.4, 0.5) is 17.3 Å². The fourth-order valence-electron chi connectivity index (χ4n) is 3.92. The summed E-state index contributed by atoms with van der Waals surface area (Å²) in [6.45, 7) is 4.16. The van der Waals surface area contributed by atoms with E-state index in [9.17, 15) is 4.79 Å². The average Bonchev–Trinajstić information content (AvgIpc) is 2.84. The predicted octanol–water partition coefficient (Wildman–Crippen LogP) is 3.77. The van der Waals surface area contributed by atoms with E-state index in [1.807, 2.05) is 66.6 Å². The first-order valence-electron chi connectivity index (χ1n) is 10.9. The molecule has 2 N–H and O–H groups in total. The minimum atomic E-state index is 0.000314. The Kier molecular flexibility index (Phi) is 5.72. The highest BCUT2D eigenvalue weighted by molar-refractivity contribution is 5.96. The van der Waals surface area contributed by atoms with Crippen molar-refractivity contribution in [2.24, 2.45) is 0 Å². The van der Waals surface area contributed by atoms with E-state index >= 15 is 0 Å². The molecule has 8 heteroatoms. The molecule has 0 radical (unpaired) electrons. The molecule has 0 bridgehead atoms. The van der Waals surface area contributed by atoms with Gasteiger partial charge in [0.2, 0.25) is 5.91 Å². The van der Waals surface area contributed by atoms with Crippen LogP contribution in [0.15, 0.2) is 67.1 Å². The van der Waals surface area contributed by atoms with E-state index in [1.165, 1.54) is 0 Å². The first-order chi connectivity index (χ1) is 16.2. The summed E-state index contributed by atoms with van der Waals surface area (Å²) in [5.41, 5.74) is 2.60. The van der Waals surface area contributed by atoms with Gasteiger partial charge in [-0.25, -0.2) is 9.97 Å². The van der Waals surface area contributed by atoms with Gasteiger partial charge in [-0.2, -0.15) is 0 Å². The Labute approximate surface area is 191 Å². The van der Waals surface area contributed by atoms with Gasteiger partial charge in [0.25, 0.3) is 0 Å². The summed E-state index contributed by atoms with van der Waals surface area (Å²) in [6, 6.07) is 15.6. The van der Waals surface area contributed by atoms with E-state index in [0.717, 1.165) is 39.3 Å². The van der Waals surface area contributed by atoms with Crippen LogP contribution in [0.1, 0.15) is 6.92 Å². The van der Waals surface area contributed by atoms with Crippen molar-refractivity contribution in [3.8, 4) is 17.0 Å². The van der Waals surface area contributed by atoms with E-state index in [1.54, 1.807) is 12.4 Å². The lowest BCUT2D eigenvalue weighted by molar-refractivity contribution is -0.120. The Morgan fingerprint density at radius 2 is 2.09 bits per heavy atom. The first kappa shape index (κ1) is 20.7. The van der Waals surface area contributed by atoms with Crippen LogP contribution in [0.3, 0.4) is 0 Å². The molecule has 3 aromatic heterocycles. The molecular weight excluding hydrogens is 416 g/mol. The number of piperazine rings is 1. The van der Waals surface area contributed by atoms with Crippen molar-refractivity contribution >= 4 is 34.0 Å². The van der Waals surface area contributed by atoms with Crippen LogP contribution in [-0.2, 0) is 4.79 Å². The molecule has 0 saturated carbocycles. The van der Waals surface area contributed by atoms with Crippen molar-refractivity contribution < 1.29 is 9.53 Å². The molecule has 0 spiro atoms. The molecule has 166 valence electrons. The maximum Gasteiger partial charge on any atom is 0.239 e. The maximum atomic E-state index is 12.0. The van der Waals surface area contributed by atoms with Crippen molar-refractivity contribution in [2.45, 2.75) is 6.92 Å². The summed E-state index contributed by atoms with van der Waals surface area (Å²) in [6.07, 6.45) is 5.34. The van der Waals surface area contributed by atoms with E-state index < -0.39 is 0 Å². The zero-order valence-corrected chi connectivity index (χ0v) is 18.3. The SMILES string of the molecule is CCOc1cccc(Nc2cc(-c3cc4cnccc4c(N4CCNC(=O)C4)n3)ccn2)c1. The number of pyridine rings is 3. The number of anilines is 3. The molecule has 4 heterocycles. The van der Waals surface area contributed by atoms with Gasteiger partial charge >= 0.3 is 0 Å². The summed E-state index contributed by atoms with van der Waals surface area (Å²) in [4.78, 5) is 27.7. The van der Waals surface area contributed by atoms with Crippen molar-refractivity contribution in [2.75, 3.05) is 36.5 Å². The predicted molar refractivity (Wildman–Crippen MR) is 129 cm³/mol. The van der Waals surface area contributed by atoms with Gasteiger partial charge in [-0.3, -0.25) is 9.78 Å². The molecule has 0 atom stereocenters. The van der Waals surface area contributed by atoms with Crippen LogP contribution in [0.2, 0.25) is 0 Å². The molecule has 4 aromatic rings. The third kappa shape index (κ3) is 4.55. The molecule has 8 nitrogen and oxygen atoms in total. The number of nitrogens with zero attached hydrogens (tertiary/aromatic N) is 4. The van der Waals surface area contributed by atoms with Gasteiger partial charge in [0.1, 0.15) is 17.4 Å². The lowest BCUT2D eigenvalue weighted by Gasteiger charge is -2.29. The summed E-state index contributed by atoms with van der Waals surface area (Å²) in [5, 5.41) is 8.16. The third-order valence-corrected chi connectivity index (χ3v) is 5.42. The molecule has 5 rings (SSSR count). The number of amides is 1. The smallest absolute Gasteiger partial charge is 0.239 e. The fourth-order valence-corrected chi connectivity index (χ4v) is 3.92. The van der Waals surface area contributed by atoms with Crippen LogP contribution in [0, 0.1) is 0 Å². The highest BCUT2D eigenvalue weighted by Gasteiger charge is 2.20. The van der Waals surface area contributed by atoms with Crippen LogP contribution >= 0.6 is 0 Å². The Balaban J connectivity index is 1.50. The van der Waals surface area contributed by atoms with Gasteiger partial charge in [0.05, 0.1) is 18.8 Å². The minimum Gasteiger partial charge on any atom is -0.494 e. The number of aromatic nitrogens is 3. The third-order valence-electron chi connectivity index (χ3n) is 5.42. The highest BCUT2D eigenvalue weighted by atomic mass is 16.5. The molecule has 1 aliphatic heterocycles. The van der Waals surface area contributed by atoms with Crippen molar-refractivity contribution in [1.82, 2.24) is 20.3 Å². The standard InChI is InChI=1S/C25H24N6O2/c1-2-33-20-5-3-4-19(14-20)29-23-13-17(6-9-27-23)22-12-18-15-26-8-7-21(18)25(30-22)31-11-10-28-24(32)16-31/h3-9,12-15H,2,10-11,16H2,1H3,(H,27,29)(H,28,32). The number of ether oxygens (including phenoxy) is 1. The topological polar surface area (TPSA) is 92.3 Å². The number of rotatable bonds is 6. The van der Waals surface area contributed by atoms with Gasteiger partial charge in [0, 0.05) is 59.8 Å². The van der Waals surface area contributed by atoms with Gasteiger partial charge in [0.15, 0.2) is 0 Å². The Bertz CT molecular complexity index is 1310. The van der Waals surface area contributed by atoms with Gasteiger partial charge in [-0.15, -0.1) is 0 Å². The molecule has 1 fully saturated rings. The van der Waals surface area contributed by atoms with E-state index in [0.29, 0.717) is 25.5 Å². The monoisotopic (exact) mass is 440 g/mol. The number of hydrogen-bond acceptors (Lipinski definition) is 7. The number of carbonyl (C=O) groups is 1. The quantitative estimate of drug-likeness (QED) is 0.471. The maximum absolute atomic E-state index is 12.0. The zero-order valence-electron chi connectivity index (χ0n) is 18.3. The van der Waals surface area contributed by atoms with Crippen molar-refractivity contribution in [3.63, 3.8) is 0 Å². The summed E-state index contributed by atoms with van der Waals surface area (Å²) in [5.74, 6) is 2.29. The second-order valence-electron chi connectivity index (χ2n) is 7.72. The van der Waals surface area contributed by atoms with E-state index in [2.05, 4.69) is 20.6 Å². The molecule has 1 amide bonds. The lowest BCUT2D eigenvalue weighted by atomic mass is 10.1. The van der Waals surface area contributed by atoms with E-state index in [-0.39, 0.29) is 12.5 Å². The summed E-state index contributed by atoms with van der Waals surface area (Å²) in [7, 11) is 0. The van der Waals surface area contributed by atoms with Gasteiger partial charge in [-0.1, -0.05) is 6.07 Å². The molecule has 1 aliphatic rings. The van der Waals surface area contributed by atoms with Gasteiger partial charge in [-0.05, 0) is 43.3 Å². The zero-order chi connectivity index (χ0) is 22.6. The molecule has 0 aliphatic carbocycles. The van der Waals surface area contributed by atoms with Crippen LogP contribution in [0.5, 0.6) is 5.75 Å². The Morgan fingerprint density at radius 1 is 1.15 bits per heavy atom. The fraction of sp³-hybridized carbons (Fsp3) is 0.200. The average molecular weight is 441 g/mol. The van der Waals surface area contributed by atoms with Crippen molar-refractivity contribution in [3.05, 3.63) is 67.1 Å². The second kappa shape index (κ2) is 9.12. The number of carbonyl (C=O) groups excluding carboxylic acids is 1. The molecule has 33 heavy (non-hydrogen) atoms. The summed E-state index contributed by atoms with van der Waals surface area (Å²) < 4.78 is 5.59.